The predicted octanol–water partition coefficient (Wildman–Crippen LogP) is 4.22. The summed E-state index contributed by atoms with van der Waals surface area (Å²) in [6, 6.07) is 7.37. The number of rotatable bonds is 4. The summed E-state index contributed by atoms with van der Waals surface area (Å²) in [6.07, 6.45) is 0. The quantitative estimate of drug-likeness (QED) is 0.388. The van der Waals surface area contributed by atoms with Gasteiger partial charge in [0.25, 0.3) is 5.91 Å². The molecule has 0 unspecified atom stereocenters. The summed E-state index contributed by atoms with van der Waals surface area (Å²) in [5, 5.41) is 0. The van der Waals surface area contributed by atoms with Crippen molar-refractivity contribution in [2.75, 3.05) is 0 Å². The molecule has 2 rings (SSSR count). The highest BCUT2D eigenvalue weighted by Gasteiger charge is 2.11. The molecule has 0 spiro atoms. The molecule has 106 valence electrons. The van der Waals surface area contributed by atoms with Gasteiger partial charge in [-0.05, 0) is 56.1 Å². The van der Waals surface area contributed by atoms with Crippen molar-refractivity contribution in [3.05, 3.63) is 47.4 Å². The number of carbonyl (C=O) groups is 1. The number of nitrogen functional groups attached to an aromatic ring is 1. The van der Waals surface area contributed by atoms with Crippen molar-refractivity contribution in [3.63, 3.8) is 0 Å². The molecule has 0 aliphatic heterocycles. The number of hydrogen-bond acceptors (Lipinski definition) is 4. The number of hydrogen-bond donors (Lipinski definition) is 2. The van der Waals surface area contributed by atoms with Crippen LogP contribution in [0.5, 0.6) is 5.75 Å². The number of ether oxygens (including phenoxy) is 1. The summed E-state index contributed by atoms with van der Waals surface area (Å²) >= 11 is 11.6. The van der Waals surface area contributed by atoms with Crippen LogP contribution in [0.1, 0.15) is 14.5 Å². The zero-order valence-corrected chi connectivity index (χ0v) is 15.5. The molecular weight excluding hydrogens is 476 g/mol. The number of halogens is 3. The van der Waals surface area contributed by atoms with Crippen LogP contribution >= 0.6 is 59.1 Å². The minimum Gasteiger partial charge on any atom is -0.486 e. The van der Waals surface area contributed by atoms with Crippen molar-refractivity contribution in [3.8, 4) is 5.75 Å². The first-order valence-electron chi connectivity index (χ1n) is 5.38. The third-order valence-corrected chi connectivity index (χ3v) is 5.03. The minimum atomic E-state index is -0.299. The van der Waals surface area contributed by atoms with Gasteiger partial charge in [-0.15, -0.1) is 11.3 Å². The topological polar surface area (TPSA) is 64.3 Å². The average Bonchev–Trinajstić information content (AvgIpc) is 2.85. The van der Waals surface area contributed by atoms with Crippen LogP contribution in [0.15, 0.2) is 37.7 Å². The molecule has 8 heteroatoms. The van der Waals surface area contributed by atoms with E-state index in [1.165, 1.54) is 11.3 Å². The normalized spacial score (nSPS) is 10.4. The lowest BCUT2D eigenvalue weighted by atomic mass is 10.3. The van der Waals surface area contributed by atoms with Crippen LogP contribution in [-0.2, 0) is 6.61 Å². The Bertz CT molecular complexity index is 622. The first-order chi connectivity index (χ1) is 9.51. The zero-order chi connectivity index (χ0) is 14.7. The maximum atomic E-state index is 11.4. The second kappa shape index (κ2) is 7.04. The Hall–Kier alpha value is -0.410. The lowest BCUT2D eigenvalue weighted by Crippen LogP contribution is -2.29. The molecule has 0 aliphatic rings. The highest BCUT2D eigenvalue weighted by molar-refractivity contribution is 9.11. The number of nitrogens with one attached hydrogen (secondary N) is 1. The van der Waals surface area contributed by atoms with Gasteiger partial charge in [0.05, 0.1) is 13.8 Å². The molecular formula is C12H9Br3N2O2S. The second-order valence-corrected chi connectivity index (χ2v) is 7.52. The van der Waals surface area contributed by atoms with Crippen molar-refractivity contribution in [2.45, 2.75) is 6.61 Å². The molecule has 3 N–H and O–H groups in total. The molecule has 0 atom stereocenters. The second-order valence-electron chi connectivity index (χ2n) is 3.73. The Balaban J connectivity index is 2.09. The van der Waals surface area contributed by atoms with Crippen molar-refractivity contribution >= 4 is 65.0 Å². The summed E-state index contributed by atoms with van der Waals surface area (Å²) in [7, 11) is 0. The molecule has 0 bridgehead atoms. The van der Waals surface area contributed by atoms with Crippen molar-refractivity contribution < 1.29 is 9.53 Å². The molecule has 1 heterocycles. The Morgan fingerprint density at radius 1 is 1.25 bits per heavy atom. The fourth-order valence-corrected chi connectivity index (χ4v) is 4.77. The number of nitrogens with two attached hydrogens (primary N) is 1. The summed E-state index contributed by atoms with van der Waals surface area (Å²) in [4.78, 5) is 12.9. The number of benzene rings is 1. The molecule has 20 heavy (non-hydrogen) atoms. The molecule has 1 aromatic carbocycles. The molecule has 4 nitrogen and oxygen atoms in total. The van der Waals surface area contributed by atoms with Gasteiger partial charge in [0.1, 0.15) is 12.4 Å². The molecule has 1 aromatic heterocycles. The SMILES string of the molecule is NNC(=O)c1ccc(COc2c(Br)cc(Br)cc2Br)s1. The lowest BCUT2D eigenvalue weighted by Gasteiger charge is -2.09. The van der Waals surface area contributed by atoms with E-state index in [0.29, 0.717) is 17.2 Å². The smallest absolute Gasteiger partial charge is 0.275 e. The summed E-state index contributed by atoms with van der Waals surface area (Å²) < 4.78 is 8.40. The van der Waals surface area contributed by atoms with Gasteiger partial charge in [-0.2, -0.15) is 0 Å². The van der Waals surface area contributed by atoms with Gasteiger partial charge in [-0.1, -0.05) is 15.9 Å². The summed E-state index contributed by atoms with van der Waals surface area (Å²) in [5.74, 6) is 5.51. The van der Waals surface area contributed by atoms with E-state index in [-0.39, 0.29) is 5.91 Å². The Kier molecular flexibility index (Phi) is 5.62. The van der Waals surface area contributed by atoms with Crippen LogP contribution in [0.3, 0.4) is 0 Å². The Morgan fingerprint density at radius 3 is 2.50 bits per heavy atom. The standard InChI is InChI=1S/C12H9Br3N2O2S/c13-6-3-8(14)11(9(15)4-6)19-5-7-1-2-10(20-7)12(18)17-16/h1-4H,5,16H2,(H,17,18). The van der Waals surface area contributed by atoms with E-state index in [4.69, 9.17) is 10.6 Å². The highest BCUT2D eigenvalue weighted by atomic mass is 79.9. The van der Waals surface area contributed by atoms with Gasteiger partial charge in [0.2, 0.25) is 0 Å². The largest absolute Gasteiger partial charge is 0.486 e. The lowest BCUT2D eigenvalue weighted by molar-refractivity contribution is 0.0957. The van der Waals surface area contributed by atoms with Crippen molar-refractivity contribution in [1.29, 1.82) is 0 Å². The van der Waals surface area contributed by atoms with E-state index in [1.807, 2.05) is 18.2 Å². The van der Waals surface area contributed by atoms with Gasteiger partial charge < -0.3 is 4.74 Å². The number of carbonyl (C=O) groups excluding carboxylic acids is 1. The van der Waals surface area contributed by atoms with Gasteiger partial charge in [-0.3, -0.25) is 10.2 Å². The minimum absolute atomic E-state index is 0.299. The van der Waals surface area contributed by atoms with E-state index >= 15 is 0 Å². The fourth-order valence-electron chi connectivity index (χ4n) is 1.46. The van der Waals surface area contributed by atoms with Crippen molar-refractivity contribution in [1.82, 2.24) is 5.43 Å². The van der Waals surface area contributed by atoms with Crippen LogP contribution in [0.2, 0.25) is 0 Å². The maximum Gasteiger partial charge on any atom is 0.275 e. The van der Waals surface area contributed by atoms with Crippen LogP contribution < -0.4 is 16.0 Å². The molecule has 0 saturated carbocycles. The van der Waals surface area contributed by atoms with Gasteiger partial charge in [-0.25, -0.2) is 5.84 Å². The van der Waals surface area contributed by atoms with E-state index in [2.05, 4.69) is 53.2 Å². The summed E-state index contributed by atoms with van der Waals surface area (Å²) in [6.45, 7) is 0.376. The molecule has 0 radical (unpaired) electrons. The number of amides is 1. The Morgan fingerprint density at radius 2 is 1.90 bits per heavy atom. The predicted molar refractivity (Wildman–Crippen MR) is 89.8 cm³/mol. The van der Waals surface area contributed by atoms with E-state index in [9.17, 15) is 4.79 Å². The van der Waals surface area contributed by atoms with Gasteiger partial charge in [0, 0.05) is 9.35 Å². The molecule has 2 aromatic rings. The van der Waals surface area contributed by atoms with E-state index < -0.39 is 0 Å². The zero-order valence-electron chi connectivity index (χ0n) is 9.95. The van der Waals surface area contributed by atoms with Crippen LogP contribution in [0.4, 0.5) is 0 Å². The first-order valence-corrected chi connectivity index (χ1v) is 8.58. The van der Waals surface area contributed by atoms with Crippen LogP contribution in [0, 0.1) is 0 Å². The fraction of sp³-hybridized carbons (Fsp3) is 0.0833. The maximum absolute atomic E-state index is 11.4. The monoisotopic (exact) mass is 482 g/mol. The highest BCUT2D eigenvalue weighted by Crippen LogP contribution is 2.37. The number of thiophene rings is 1. The van der Waals surface area contributed by atoms with Crippen LogP contribution in [0.25, 0.3) is 0 Å². The third kappa shape index (κ3) is 3.82. The number of hydrazine groups is 1. The molecule has 1 amide bonds. The molecule has 0 saturated heterocycles. The average molecular weight is 485 g/mol. The third-order valence-electron chi connectivity index (χ3n) is 2.34. The van der Waals surface area contributed by atoms with Crippen LogP contribution in [-0.4, -0.2) is 5.91 Å². The van der Waals surface area contributed by atoms with E-state index in [1.54, 1.807) is 6.07 Å². The van der Waals surface area contributed by atoms with E-state index in [0.717, 1.165) is 18.3 Å². The van der Waals surface area contributed by atoms with Gasteiger partial charge >= 0.3 is 0 Å². The summed E-state index contributed by atoms with van der Waals surface area (Å²) in [5.41, 5.74) is 2.10. The Labute approximate surface area is 145 Å². The molecule has 0 aliphatic carbocycles. The molecule has 0 fully saturated rings. The first kappa shape index (κ1) is 16.0. The van der Waals surface area contributed by atoms with Gasteiger partial charge in [0.15, 0.2) is 0 Å². The van der Waals surface area contributed by atoms with Crippen molar-refractivity contribution in [2.24, 2.45) is 5.84 Å².